The molecule has 0 unspecified atom stereocenters. The van der Waals surface area contributed by atoms with Crippen molar-refractivity contribution in [1.29, 1.82) is 0 Å². The summed E-state index contributed by atoms with van der Waals surface area (Å²) in [5.74, 6) is -0.434. The van der Waals surface area contributed by atoms with Crippen LogP contribution in [0.4, 0.5) is 0 Å². The molecule has 0 aromatic carbocycles. The van der Waals surface area contributed by atoms with E-state index in [0.29, 0.717) is 13.0 Å². The van der Waals surface area contributed by atoms with Gasteiger partial charge < -0.3 is 9.64 Å². The van der Waals surface area contributed by atoms with Gasteiger partial charge in [0.05, 0.1) is 13.5 Å². The molecule has 5 heteroatoms. The van der Waals surface area contributed by atoms with E-state index < -0.39 is 0 Å². The molecule has 88 valence electrons. The van der Waals surface area contributed by atoms with E-state index in [-0.39, 0.29) is 18.4 Å². The Balaban J connectivity index is 2.52. The van der Waals surface area contributed by atoms with Crippen LogP contribution in [-0.4, -0.2) is 37.0 Å². The second-order valence-corrected chi connectivity index (χ2v) is 4.27. The minimum Gasteiger partial charge on any atom is -0.468 e. The molecule has 0 fully saturated rings. The SMILES string of the molecule is CCN(CC(=O)OC)C(=O)Cc1cccs1. The molecule has 0 spiro atoms. The maximum Gasteiger partial charge on any atom is 0.325 e. The van der Waals surface area contributed by atoms with Crippen LogP contribution in [0.2, 0.25) is 0 Å². The van der Waals surface area contributed by atoms with Crippen molar-refractivity contribution < 1.29 is 14.3 Å². The van der Waals surface area contributed by atoms with E-state index in [1.807, 2.05) is 24.4 Å². The van der Waals surface area contributed by atoms with Gasteiger partial charge in [-0.2, -0.15) is 0 Å². The van der Waals surface area contributed by atoms with E-state index in [0.717, 1.165) is 4.88 Å². The normalized spacial score (nSPS) is 9.88. The molecule has 0 atom stereocenters. The zero-order chi connectivity index (χ0) is 12.0. The van der Waals surface area contributed by atoms with Gasteiger partial charge in [-0.05, 0) is 18.4 Å². The molecule has 0 radical (unpaired) electrons. The van der Waals surface area contributed by atoms with E-state index in [4.69, 9.17) is 0 Å². The Morgan fingerprint density at radius 1 is 1.50 bits per heavy atom. The van der Waals surface area contributed by atoms with Crippen molar-refractivity contribution in [2.45, 2.75) is 13.3 Å². The molecule has 4 nitrogen and oxygen atoms in total. The summed E-state index contributed by atoms with van der Waals surface area (Å²) < 4.78 is 4.54. The number of esters is 1. The molecule has 1 aromatic heterocycles. The number of carbonyl (C=O) groups is 2. The molecule has 0 aliphatic carbocycles. The molecule has 16 heavy (non-hydrogen) atoms. The van der Waals surface area contributed by atoms with Crippen molar-refractivity contribution in [3.63, 3.8) is 0 Å². The first-order valence-electron chi connectivity index (χ1n) is 5.04. The second-order valence-electron chi connectivity index (χ2n) is 3.24. The van der Waals surface area contributed by atoms with Gasteiger partial charge in [0.1, 0.15) is 6.54 Å². The number of nitrogens with zero attached hydrogens (tertiary/aromatic N) is 1. The molecule has 1 amide bonds. The Bertz CT molecular complexity index is 348. The summed E-state index contributed by atoms with van der Waals surface area (Å²) in [5, 5.41) is 1.93. The molecular formula is C11H15NO3S. The lowest BCUT2D eigenvalue weighted by Gasteiger charge is -2.18. The third-order valence-electron chi connectivity index (χ3n) is 2.19. The van der Waals surface area contributed by atoms with Crippen LogP contribution < -0.4 is 0 Å². The van der Waals surface area contributed by atoms with Gasteiger partial charge in [-0.25, -0.2) is 0 Å². The first-order valence-corrected chi connectivity index (χ1v) is 5.92. The molecule has 0 aliphatic rings. The Morgan fingerprint density at radius 3 is 2.75 bits per heavy atom. The predicted octanol–water partition coefficient (Wildman–Crippen LogP) is 1.31. The lowest BCUT2D eigenvalue weighted by molar-refractivity contribution is -0.146. The van der Waals surface area contributed by atoms with E-state index >= 15 is 0 Å². The molecule has 1 heterocycles. The lowest BCUT2D eigenvalue weighted by Crippen LogP contribution is -2.36. The summed E-state index contributed by atoms with van der Waals surface area (Å²) in [4.78, 5) is 25.4. The van der Waals surface area contributed by atoms with Crippen molar-refractivity contribution in [2.75, 3.05) is 20.2 Å². The van der Waals surface area contributed by atoms with Crippen molar-refractivity contribution in [2.24, 2.45) is 0 Å². The molecule has 1 aromatic rings. The van der Waals surface area contributed by atoms with Crippen molar-refractivity contribution in [1.82, 2.24) is 4.90 Å². The van der Waals surface area contributed by atoms with Gasteiger partial charge in [-0.3, -0.25) is 9.59 Å². The number of carbonyl (C=O) groups excluding carboxylic acids is 2. The molecule has 0 N–H and O–H groups in total. The number of hydrogen-bond donors (Lipinski definition) is 0. The minimum absolute atomic E-state index is 0.0250. The molecule has 0 aliphatic heterocycles. The number of ether oxygens (including phenoxy) is 1. The third-order valence-corrected chi connectivity index (χ3v) is 3.06. The topological polar surface area (TPSA) is 46.6 Å². The van der Waals surface area contributed by atoms with Crippen molar-refractivity contribution >= 4 is 23.2 Å². The highest BCUT2D eigenvalue weighted by atomic mass is 32.1. The fraction of sp³-hybridized carbons (Fsp3) is 0.455. The van der Waals surface area contributed by atoms with Gasteiger partial charge in [-0.15, -0.1) is 11.3 Å². The van der Waals surface area contributed by atoms with E-state index in [9.17, 15) is 9.59 Å². The number of thiophene rings is 1. The van der Waals surface area contributed by atoms with Crippen LogP contribution >= 0.6 is 11.3 Å². The summed E-state index contributed by atoms with van der Waals surface area (Å²) in [6, 6.07) is 3.82. The molecule has 0 saturated carbocycles. The van der Waals surface area contributed by atoms with Gasteiger partial charge in [0.2, 0.25) is 5.91 Å². The van der Waals surface area contributed by atoms with Crippen LogP contribution in [-0.2, 0) is 20.7 Å². The van der Waals surface area contributed by atoms with Gasteiger partial charge in [0.25, 0.3) is 0 Å². The average molecular weight is 241 g/mol. The summed E-state index contributed by atoms with van der Waals surface area (Å²) in [5.41, 5.74) is 0. The first kappa shape index (κ1) is 12.7. The van der Waals surface area contributed by atoms with E-state index in [1.54, 1.807) is 11.3 Å². The number of rotatable bonds is 5. The Morgan fingerprint density at radius 2 is 2.25 bits per heavy atom. The Hall–Kier alpha value is -1.36. The Kier molecular flexibility index (Phi) is 4.98. The zero-order valence-corrected chi connectivity index (χ0v) is 10.3. The van der Waals surface area contributed by atoms with Gasteiger partial charge >= 0.3 is 5.97 Å². The van der Waals surface area contributed by atoms with Crippen LogP contribution in [0.25, 0.3) is 0 Å². The van der Waals surface area contributed by atoms with Crippen LogP contribution in [0, 0.1) is 0 Å². The quantitative estimate of drug-likeness (QED) is 0.730. The maximum absolute atomic E-state index is 11.8. The third kappa shape index (κ3) is 3.66. The first-order chi connectivity index (χ1) is 7.67. The fourth-order valence-electron chi connectivity index (χ4n) is 1.27. The lowest BCUT2D eigenvalue weighted by atomic mass is 10.3. The summed E-state index contributed by atoms with van der Waals surface area (Å²) >= 11 is 1.54. The highest BCUT2D eigenvalue weighted by Gasteiger charge is 2.16. The van der Waals surface area contributed by atoms with Crippen LogP contribution in [0.1, 0.15) is 11.8 Å². The Labute approximate surface area is 98.8 Å². The number of methoxy groups -OCH3 is 1. The molecule has 0 bridgehead atoms. The zero-order valence-electron chi connectivity index (χ0n) is 9.43. The summed E-state index contributed by atoms with van der Waals surface area (Å²) in [6.45, 7) is 2.38. The standard InChI is InChI=1S/C11H15NO3S/c1-3-12(8-11(14)15-2)10(13)7-9-5-4-6-16-9/h4-6H,3,7-8H2,1-2H3. The smallest absolute Gasteiger partial charge is 0.325 e. The molecule has 1 rings (SSSR count). The molecular weight excluding hydrogens is 226 g/mol. The van der Waals surface area contributed by atoms with E-state index in [1.165, 1.54) is 12.0 Å². The number of amides is 1. The average Bonchev–Trinajstić information content (AvgIpc) is 2.77. The van der Waals surface area contributed by atoms with Crippen LogP contribution in [0.3, 0.4) is 0 Å². The number of likely N-dealkylation sites (N-methyl/N-ethyl adjacent to an activating group) is 1. The van der Waals surface area contributed by atoms with Gasteiger partial charge in [0.15, 0.2) is 0 Å². The van der Waals surface area contributed by atoms with Crippen LogP contribution in [0.15, 0.2) is 17.5 Å². The van der Waals surface area contributed by atoms with Gasteiger partial charge in [-0.1, -0.05) is 6.07 Å². The van der Waals surface area contributed by atoms with Crippen LogP contribution in [0.5, 0.6) is 0 Å². The highest BCUT2D eigenvalue weighted by molar-refractivity contribution is 7.10. The maximum atomic E-state index is 11.8. The predicted molar refractivity (Wildman–Crippen MR) is 62.3 cm³/mol. The summed E-state index contributed by atoms with van der Waals surface area (Å²) in [7, 11) is 1.32. The number of hydrogen-bond acceptors (Lipinski definition) is 4. The highest BCUT2D eigenvalue weighted by Crippen LogP contribution is 2.10. The fourth-order valence-corrected chi connectivity index (χ4v) is 1.97. The monoisotopic (exact) mass is 241 g/mol. The van der Waals surface area contributed by atoms with Crippen molar-refractivity contribution in [3.8, 4) is 0 Å². The second kappa shape index (κ2) is 6.27. The van der Waals surface area contributed by atoms with Gasteiger partial charge in [0, 0.05) is 11.4 Å². The van der Waals surface area contributed by atoms with Crippen molar-refractivity contribution in [3.05, 3.63) is 22.4 Å². The summed E-state index contributed by atoms with van der Waals surface area (Å²) in [6.07, 6.45) is 0.350. The minimum atomic E-state index is -0.388. The molecule has 0 saturated heterocycles. The largest absolute Gasteiger partial charge is 0.468 e. The van der Waals surface area contributed by atoms with E-state index in [2.05, 4.69) is 4.74 Å².